The van der Waals surface area contributed by atoms with Crippen LogP contribution in [0.25, 0.3) is 32.2 Å². The van der Waals surface area contributed by atoms with Gasteiger partial charge in [0.25, 0.3) is 0 Å². The summed E-state index contributed by atoms with van der Waals surface area (Å²) < 4.78 is 35.8. The molecule has 13 heteroatoms. The summed E-state index contributed by atoms with van der Waals surface area (Å²) in [5, 5.41) is 15.0. The van der Waals surface area contributed by atoms with Crippen molar-refractivity contribution in [1.29, 1.82) is 5.26 Å². The normalized spacial score (nSPS) is 26.8. The lowest BCUT2D eigenvalue weighted by Gasteiger charge is -2.35. The number of rotatable bonds is 5. The first-order chi connectivity index (χ1) is 20.8. The van der Waals surface area contributed by atoms with Crippen molar-refractivity contribution >= 4 is 55.0 Å². The number of nitrogens with zero attached hydrogens (tertiary/aromatic N) is 6. The second-order valence-electron chi connectivity index (χ2n) is 12.2. The molecule has 4 fully saturated rings. The SMILES string of the molecule is N#Cc1cc2c(N3CC4CCC(C3)N4)nc(OC[C@@]34CCCN3C[C@H](F)C4)nc2c(Cl)c1-c1ccc(F)c2sc(N)nc12. The van der Waals surface area contributed by atoms with Gasteiger partial charge in [-0.05, 0) is 50.4 Å². The number of hydrogen-bond donors (Lipinski definition) is 2. The smallest absolute Gasteiger partial charge is 0.319 e. The lowest BCUT2D eigenvalue weighted by Crippen LogP contribution is -2.51. The van der Waals surface area contributed by atoms with Gasteiger partial charge in [-0.2, -0.15) is 15.2 Å². The first kappa shape index (κ1) is 27.2. The Labute approximate surface area is 255 Å². The number of benzene rings is 2. The minimum Gasteiger partial charge on any atom is -0.461 e. The fraction of sp³-hybridized carbons (Fsp3) is 0.467. The zero-order valence-electron chi connectivity index (χ0n) is 23.2. The minimum atomic E-state index is -0.873. The molecular weight excluding hydrogens is 594 g/mol. The zero-order valence-corrected chi connectivity index (χ0v) is 24.8. The van der Waals surface area contributed by atoms with Gasteiger partial charge in [0, 0.05) is 54.7 Å². The van der Waals surface area contributed by atoms with E-state index in [2.05, 4.69) is 26.2 Å². The number of aromatic nitrogens is 3. The molecule has 9 nitrogen and oxygen atoms in total. The maximum absolute atomic E-state index is 14.7. The van der Waals surface area contributed by atoms with Crippen molar-refractivity contribution in [3.8, 4) is 23.2 Å². The van der Waals surface area contributed by atoms with Gasteiger partial charge in [0.15, 0.2) is 5.13 Å². The molecule has 8 rings (SSSR count). The van der Waals surface area contributed by atoms with Crippen LogP contribution in [0, 0.1) is 17.1 Å². The molecule has 2 aromatic carbocycles. The van der Waals surface area contributed by atoms with E-state index in [1.165, 1.54) is 6.07 Å². The average Bonchev–Trinajstić information content (AvgIpc) is 3.74. The van der Waals surface area contributed by atoms with E-state index in [0.717, 1.165) is 56.7 Å². The summed E-state index contributed by atoms with van der Waals surface area (Å²) in [5.74, 6) is 0.209. The molecule has 2 bridgehead atoms. The number of thiazole rings is 1. The van der Waals surface area contributed by atoms with Gasteiger partial charge in [-0.1, -0.05) is 22.9 Å². The minimum absolute atomic E-state index is 0.164. The molecule has 3 N–H and O–H groups in total. The third kappa shape index (κ3) is 4.39. The maximum atomic E-state index is 14.7. The highest BCUT2D eigenvalue weighted by molar-refractivity contribution is 7.22. The predicted octanol–water partition coefficient (Wildman–Crippen LogP) is 5.05. The van der Waals surface area contributed by atoms with Gasteiger partial charge >= 0.3 is 6.01 Å². The van der Waals surface area contributed by atoms with Gasteiger partial charge in [0.05, 0.1) is 37.9 Å². The highest BCUT2D eigenvalue weighted by Gasteiger charge is 2.49. The van der Waals surface area contributed by atoms with Gasteiger partial charge in [-0.25, -0.2) is 13.8 Å². The lowest BCUT2D eigenvalue weighted by molar-refractivity contribution is 0.107. The molecule has 43 heavy (non-hydrogen) atoms. The number of nitrogen functional groups attached to an aromatic ring is 1. The van der Waals surface area contributed by atoms with Crippen LogP contribution >= 0.6 is 22.9 Å². The number of halogens is 3. The van der Waals surface area contributed by atoms with Crippen LogP contribution in [0.5, 0.6) is 6.01 Å². The Morgan fingerprint density at radius 2 is 2.00 bits per heavy atom. The molecule has 0 radical (unpaired) electrons. The van der Waals surface area contributed by atoms with Crippen LogP contribution in [0.3, 0.4) is 0 Å². The van der Waals surface area contributed by atoms with Gasteiger partial charge in [0.2, 0.25) is 0 Å². The molecule has 222 valence electrons. The lowest BCUT2D eigenvalue weighted by atomic mass is 9.95. The van der Waals surface area contributed by atoms with Crippen molar-refractivity contribution in [3.63, 3.8) is 0 Å². The van der Waals surface area contributed by atoms with Crippen LogP contribution < -0.4 is 20.7 Å². The topological polar surface area (TPSA) is 116 Å². The molecule has 4 aromatic rings. The third-order valence-electron chi connectivity index (χ3n) is 9.54. The number of piperazine rings is 1. The maximum Gasteiger partial charge on any atom is 0.319 e. The number of ether oxygens (including phenoxy) is 1. The van der Waals surface area contributed by atoms with Crippen LogP contribution in [-0.2, 0) is 0 Å². The van der Waals surface area contributed by atoms with Gasteiger partial charge < -0.3 is 20.7 Å². The van der Waals surface area contributed by atoms with E-state index in [-0.39, 0.29) is 28.3 Å². The van der Waals surface area contributed by atoms with E-state index in [0.29, 0.717) is 68.7 Å². The third-order valence-corrected chi connectivity index (χ3v) is 10.8. The number of anilines is 2. The van der Waals surface area contributed by atoms with Crippen molar-refractivity contribution in [2.45, 2.75) is 55.9 Å². The molecule has 0 aliphatic carbocycles. The molecular formula is C30H29ClF2N8OS. The van der Waals surface area contributed by atoms with Crippen molar-refractivity contribution in [3.05, 3.63) is 34.6 Å². The monoisotopic (exact) mass is 622 g/mol. The molecule has 2 aromatic heterocycles. The zero-order chi connectivity index (χ0) is 29.5. The van der Waals surface area contributed by atoms with E-state index >= 15 is 0 Å². The van der Waals surface area contributed by atoms with Crippen molar-refractivity contribution in [2.24, 2.45) is 0 Å². The summed E-state index contributed by atoms with van der Waals surface area (Å²) in [6.45, 7) is 3.07. The Morgan fingerprint density at radius 1 is 1.19 bits per heavy atom. The highest BCUT2D eigenvalue weighted by atomic mass is 35.5. The summed E-state index contributed by atoms with van der Waals surface area (Å²) in [6, 6.07) is 7.79. The number of nitriles is 1. The van der Waals surface area contributed by atoms with E-state index in [4.69, 9.17) is 32.0 Å². The Hall–Kier alpha value is -3.37. The van der Waals surface area contributed by atoms with Crippen molar-refractivity contribution < 1.29 is 13.5 Å². The van der Waals surface area contributed by atoms with Gasteiger partial charge in [-0.3, -0.25) is 4.90 Å². The number of hydrogen-bond acceptors (Lipinski definition) is 10. The molecule has 0 amide bonds. The Bertz CT molecular complexity index is 1820. The number of alkyl halides is 1. The van der Waals surface area contributed by atoms with E-state index in [9.17, 15) is 14.0 Å². The summed E-state index contributed by atoms with van der Waals surface area (Å²) in [6.07, 6.45) is 3.60. The van der Waals surface area contributed by atoms with Crippen LogP contribution in [0.4, 0.5) is 19.7 Å². The first-order valence-electron chi connectivity index (χ1n) is 14.6. The van der Waals surface area contributed by atoms with Gasteiger partial charge in [-0.15, -0.1) is 0 Å². The Kier molecular flexibility index (Phi) is 6.38. The molecule has 6 heterocycles. The molecule has 2 unspecified atom stereocenters. The van der Waals surface area contributed by atoms with E-state index in [1.54, 1.807) is 12.1 Å². The van der Waals surface area contributed by atoms with E-state index < -0.39 is 12.0 Å². The number of nitrogens with two attached hydrogens (primary N) is 1. The summed E-state index contributed by atoms with van der Waals surface area (Å²) in [5.41, 5.74) is 7.56. The largest absolute Gasteiger partial charge is 0.461 e. The molecule has 0 saturated carbocycles. The number of nitrogens with one attached hydrogen (secondary N) is 1. The summed E-state index contributed by atoms with van der Waals surface area (Å²) in [4.78, 5) is 18.5. The average molecular weight is 623 g/mol. The molecule has 4 atom stereocenters. The first-order valence-corrected chi connectivity index (χ1v) is 15.8. The van der Waals surface area contributed by atoms with Crippen molar-refractivity contribution in [1.82, 2.24) is 25.2 Å². The van der Waals surface area contributed by atoms with Crippen LogP contribution in [0.15, 0.2) is 18.2 Å². The Balaban J connectivity index is 1.29. The summed E-state index contributed by atoms with van der Waals surface area (Å²) >= 11 is 8.20. The molecule has 4 aliphatic rings. The fourth-order valence-electron chi connectivity index (χ4n) is 7.66. The number of fused-ring (bicyclic) bond motifs is 5. The van der Waals surface area contributed by atoms with Crippen LogP contribution in [0.2, 0.25) is 5.02 Å². The van der Waals surface area contributed by atoms with Crippen molar-refractivity contribution in [2.75, 3.05) is 43.4 Å². The molecule has 4 saturated heterocycles. The highest BCUT2D eigenvalue weighted by Crippen LogP contribution is 2.45. The predicted molar refractivity (Wildman–Crippen MR) is 163 cm³/mol. The summed E-state index contributed by atoms with van der Waals surface area (Å²) in [7, 11) is 0. The second-order valence-corrected chi connectivity index (χ2v) is 13.6. The second kappa shape index (κ2) is 10.1. The molecule has 0 spiro atoms. The standard InChI is InChI=1S/C30H29ClF2N8OS/c31-23-22(19-4-5-21(33)26-25(19)37-28(35)43-26)15(10-34)8-20-24(23)38-29(39-27(20)40-12-17-2-3-18(13-40)36-17)42-14-30-6-1-7-41(30)11-16(32)9-30/h4-5,8,16-18,36H,1-3,6-7,9,11-14H2,(H2,35,37)/t16-,17?,18?,30+/m1/s1. The fourth-order valence-corrected chi connectivity index (χ4v) is 8.77. The molecule has 4 aliphatic heterocycles. The van der Waals surface area contributed by atoms with E-state index in [1.807, 2.05) is 0 Å². The Morgan fingerprint density at radius 3 is 2.79 bits per heavy atom. The van der Waals surface area contributed by atoms with Gasteiger partial charge in [0.1, 0.15) is 24.4 Å². The quantitative estimate of drug-likeness (QED) is 0.315. The van der Waals surface area contributed by atoms with Crippen LogP contribution in [0.1, 0.15) is 37.7 Å². The van der Waals surface area contributed by atoms with Crippen LogP contribution in [-0.4, -0.2) is 76.4 Å².